The standard InChI is InChI=1S/C12H13BO3S/c1-8-11(13(14)15)7-12(17-8)9-3-5-10(16-2)6-4-9/h3-7,14-15H,1-2H3. The Morgan fingerprint density at radius 2 is 1.82 bits per heavy atom. The van der Waals surface area contributed by atoms with E-state index in [1.165, 1.54) is 0 Å². The first kappa shape index (κ1) is 12.2. The van der Waals surface area contributed by atoms with Gasteiger partial charge in [0.25, 0.3) is 0 Å². The monoisotopic (exact) mass is 248 g/mol. The van der Waals surface area contributed by atoms with Crippen molar-refractivity contribution in [2.24, 2.45) is 0 Å². The third-order valence-electron chi connectivity index (χ3n) is 2.61. The molecule has 1 aromatic heterocycles. The number of ether oxygens (including phenoxy) is 1. The Balaban J connectivity index is 2.36. The number of benzene rings is 1. The molecular weight excluding hydrogens is 235 g/mol. The predicted octanol–water partition coefficient (Wildman–Crippen LogP) is 1.41. The minimum atomic E-state index is -1.40. The van der Waals surface area contributed by atoms with E-state index in [1.807, 2.05) is 37.3 Å². The molecule has 0 radical (unpaired) electrons. The highest BCUT2D eigenvalue weighted by molar-refractivity contribution is 7.16. The second-order valence-electron chi connectivity index (χ2n) is 3.72. The first-order valence-corrected chi connectivity index (χ1v) is 6.04. The van der Waals surface area contributed by atoms with Gasteiger partial charge in [-0.05, 0) is 48.3 Å². The number of hydrogen-bond donors (Lipinski definition) is 2. The van der Waals surface area contributed by atoms with E-state index < -0.39 is 7.12 Å². The van der Waals surface area contributed by atoms with Gasteiger partial charge in [-0.15, -0.1) is 11.3 Å². The van der Waals surface area contributed by atoms with Crippen LogP contribution in [0, 0.1) is 6.92 Å². The molecule has 0 saturated carbocycles. The van der Waals surface area contributed by atoms with Gasteiger partial charge in [-0.2, -0.15) is 0 Å². The zero-order valence-corrected chi connectivity index (χ0v) is 10.5. The lowest BCUT2D eigenvalue weighted by Gasteiger charge is -2.00. The molecule has 2 rings (SSSR count). The second kappa shape index (κ2) is 4.92. The van der Waals surface area contributed by atoms with Gasteiger partial charge in [0.2, 0.25) is 0 Å². The first-order valence-electron chi connectivity index (χ1n) is 5.22. The lowest BCUT2D eigenvalue weighted by molar-refractivity contribution is 0.415. The summed E-state index contributed by atoms with van der Waals surface area (Å²) < 4.78 is 5.10. The van der Waals surface area contributed by atoms with E-state index in [0.717, 1.165) is 21.1 Å². The SMILES string of the molecule is COc1ccc(-c2cc(B(O)O)c(C)s2)cc1. The zero-order valence-electron chi connectivity index (χ0n) is 9.68. The summed E-state index contributed by atoms with van der Waals surface area (Å²) in [7, 11) is 0.225. The molecule has 88 valence electrons. The maximum absolute atomic E-state index is 9.19. The molecule has 0 aliphatic rings. The number of rotatable bonds is 3. The molecule has 17 heavy (non-hydrogen) atoms. The van der Waals surface area contributed by atoms with Gasteiger partial charge in [0.15, 0.2) is 0 Å². The van der Waals surface area contributed by atoms with Gasteiger partial charge in [-0.3, -0.25) is 0 Å². The maximum Gasteiger partial charge on any atom is 0.489 e. The van der Waals surface area contributed by atoms with Gasteiger partial charge in [0.05, 0.1) is 7.11 Å². The highest BCUT2D eigenvalue weighted by Gasteiger charge is 2.17. The number of aryl methyl sites for hydroxylation is 1. The third-order valence-corrected chi connectivity index (χ3v) is 3.72. The van der Waals surface area contributed by atoms with E-state index in [1.54, 1.807) is 18.4 Å². The van der Waals surface area contributed by atoms with Crippen LogP contribution >= 0.6 is 11.3 Å². The molecule has 0 atom stereocenters. The fourth-order valence-electron chi connectivity index (χ4n) is 1.65. The van der Waals surface area contributed by atoms with Crippen molar-refractivity contribution in [3.63, 3.8) is 0 Å². The summed E-state index contributed by atoms with van der Waals surface area (Å²) in [6.45, 7) is 1.88. The van der Waals surface area contributed by atoms with Crippen LogP contribution in [0.25, 0.3) is 10.4 Å². The summed E-state index contributed by atoms with van der Waals surface area (Å²) in [5.74, 6) is 0.810. The summed E-state index contributed by atoms with van der Waals surface area (Å²) in [5.41, 5.74) is 1.62. The van der Waals surface area contributed by atoms with Crippen molar-refractivity contribution in [2.45, 2.75) is 6.92 Å². The minimum absolute atomic E-state index is 0.570. The molecule has 0 unspecified atom stereocenters. The number of hydrogen-bond acceptors (Lipinski definition) is 4. The summed E-state index contributed by atoms with van der Waals surface area (Å²) in [6, 6.07) is 9.50. The van der Waals surface area contributed by atoms with Crippen LogP contribution in [0.1, 0.15) is 4.88 Å². The molecule has 0 bridgehead atoms. The van der Waals surface area contributed by atoms with Crippen LogP contribution in [0.5, 0.6) is 5.75 Å². The summed E-state index contributed by atoms with van der Waals surface area (Å²) in [4.78, 5) is 1.94. The molecule has 2 aromatic rings. The van der Waals surface area contributed by atoms with Crippen molar-refractivity contribution in [2.75, 3.05) is 7.11 Å². The molecule has 0 spiro atoms. The molecule has 0 fully saturated rings. The van der Waals surface area contributed by atoms with E-state index in [2.05, 4.69) is 0 Å². The largest absolute Gasteiger partial charge is 0.497 e. The Labute approximate surface area is 104 Å². The van der Waals surface area contributed by atoms with E-state index >= 15 is 0 Å². The third kappa shape index (κ3) is 2.52. The Morgan fingerprint density at radius 1 is 1.18 bits per heavy atom. The summed E-state index contributed by atoms with van der Waals surface area (Å²) in [6.07, 6.45) is 0. The van der Waals surface area contributed by atoms with Crippen molar-refractivity contribution in [3.05, 3.63) is 35.2 Å². The fourth-order valence-corrected chi connectivity index (χ4v) is 2.70. The van der Waals surface area contributed by atoms with Crippen LogP contribution in [0.2, 0.25) is 0 Å². The lowest BCUT2D eigenvalue weighted by Crippen LogP contribution is -2.30. The Hall–Kier alpha value is -1.30. The zero-order chi connectivity index (χ0) is 12.4. The van der Waals surface area contributed by atoms with Crippen LogP contribution in [0.4, 0.5) is 0 Å². The second-order valence-corrected chi connectivity index (χ2v) is 4.98. The molecule has 3 nitrogen and oxygen atoms in total. The van der Waals surface area contributed by atoms with Gasteiger partial charge in [0.1, 0.15) is 5.75 Å². The number of thiophene rings is 1. The fraction of sp³-hybridized carbons (Fsp3) is 0.167. The topological polar surface area (TPSA) is 49.7 Å². The van der Waals surface area contributed by atoms with Crippen LogP contribution in [0.15, 0.2) is 30.3 Å². The molecule has 5 heteroatoms. The highest BCUT2D eigenvalue weighted by atomic mass is 32.1. The van der Waals surface area contributed by atoms with Crippen LogP contribution < -0.4 is 10.2 Å². The van der Waals surface area contributed by atoms with E-state index in [-0.39, 0.29) is 0 Å². The van der Waals surface area contributed by atoms with Gasteiger partial charge in [-0.1, -0.05) is 0 Å². The molecule has 0 aliphatic heterocycles. The quantitative estimate of drug-likeness (QED) is 0.807. The van der Waals surface area contributed by atoms with Gasteiger partial charge < -0.3 is 14.8 Å². The van der Waals surface area contributed by atoms with E-state index in [0.29, 0.717) is 5.46 Å². The lowest BCUT2D eigenvalue weighted by atomic mass is 9.80. The van der Waals surface area contributed by atoms with Crippen molar-refractivity contribution in [1.29, 1.82) is 0 Å². The van der Waals surface area contributed by atoms with E-state index in [9.17, 15) is 10.0 Å². The first-order chi connectivity index (χ1) is 8.11. The van der Waals surface area contributed by atoms with Crippen LogP contribution in [-0.4, -0.2) is 24.3 Å². The molecule has 0 amide bonds. The normalized spacial score (nSPS) is 10.4. The average Bonchev–Trinajstić information content (AvgIpc) is 2.71. The van der Waals surface area contributed by atoms with Crippen molar-refractivity contribution in [1.82, 2.24) is 0 Å². The molecule has 1 heterocycles. The van der Waals surface area contributed by atoms with Gasteiger partial charge in [-0.25, -0.2) is 0 Å². The van der Waals surface area contributed by atoms with Crippen molar-refractivity contribution >= 4 is 23.9 Å². The Bertz CT molecular complexity index is 505. The molecule has 0 aliphatic carbocycles. The van der Waals surface area contributed by atoms with Crippen LogP contribution in [0.3, 0.4) is 0 Å². The highest BCUT2D eigenvalue weighted by Crippen LogP contribution is 2.28. The average molecular weight is 248 g/mol. The van der Waals surface area contributed by atoms with Gasteiger partial charge >= 0.3 is 7.12 Å². The van der Waals surface area contributed by atoms with Gasteiger partial charge in [0, 0.05) is 9.75 Å². The summed E-state index contributed by atoms with van der Waals surface area (Å²) in [5, 5.41) is 18.4. The van der Waals surface area contributed by atoms with Crippen molar-refractivity contribution in [3.8, 4) is 16.2 Å². The Kier molecular flexibility index (Phi) is 3.52. The molecule has 0 saturated heterocycles. The molecule has 1 aromatic carbocycles. The summed E-state index contributed by atoms with van der Waals surface area (Å²) >= 11 is 1.55. The predicted molar refractivity (Wildman–Crippen MR) is 70.9 cm³/mol. The smallest absolute Gasteiger partial charge is 0.489 e. The molecular formula is C12H13BO3S. The minimum Gasteiger partial charge on any atom is -0.497 e. The van der Waals surface area contributed by atoms with Crippen LogP contribution in [-0.2, 0) is 0 Å². The maximum atomic E-state index is 9.19. The van der Waals surface area contributed by atoms with E-state index in [4.69, 9.17) is 4.74 Å². The Morgan fingerprint density at radius 3 is 2.29 bits per heavy atom. The van der Waals surface area contributed by atoms with Crippen molar-refractivity contribution < 1.29 is 14.8 Å². The number of methoxy groups -OCH3 is 1. The molecule has 2 N–H and O–H groups in total.